The Morgan fingerprint density at radius 3 is 2.38 bits per heavy atom. The summed E-state index contributed by atoms with van der Waals surface area (Å²) in [4.78, 5) is 24.2. The van der Waals surface area contributed by atoms with E-state index in [4.69, 9.17) is 11.6 Å². The normalized spacial score (nSPS) is 26.7. The Balaban J connectivity index is 1.77. The molecule has 1 aromatic rings. The van der Waals surface area contributed by atoms with Crippen molar-refractivity contribution in [2.45, 2.75) is 37.8 Å². The van der Waals surface area contributed by atoms with Gasteiger partial charge in [0.2, 0.25) is 0 Å². The van der Waals surface area contributed by atoms with Gasteiger partial charge in [0.15, 0.2) is 5.78 Å². The summed E-state index contributed by atoms with van der Waals surface area (Å²) in [6.07, 6.45) is 5.71. The van der Waals surface area contributed by atoms with Gasteiger partial charge in [-0.2, -0.15) is 0 Å². The Labute approximate surface area is 128 Å². The fourth-order valence-electron chi connectivity index (χ4n) is 2.92. The summed E-state index contributed by atoms with van der Waals surface area (Å²) < 4.78 is 0. The van der Waals surface area contributed by atoms with E-state index in [2.05, 4.69) is 10.6 Å². The number of hydrogen-bond acceptors (Lipinski definition) is 3. The second-order valence-corrected chi connectivity index (χ2v) is 5.98. The lowest BCUT2D eigenvalue weighted by Gasteiger charge is -2.38. The first-order valence-corrected chi connectivity index (χ1v) is 7.60. The number of rotatable bonds is 2. The minimum absolute atomic E-state index is 0.189. The van der Waals surface area contributed by atoms with Crippen molar-refractivity contribution in [3.8, 4) is 0 Å². The number of carbonyl (C=O) groups is 2. The molecule has 2 atom stereocenters. The van der Waals surface area contributed by atoms with Gasteiger partial charge in [0.1, 0.15) is 5.70 Å². The van der Waals surface area contributed by atoms with Crippen LogP contribution in [-0.2, 0) is 4.79 Å². The quantitative estimate of drug-likeness (QED) is 0.652. The van der Waals surface area contributed by atoms with Crippen molar-refractivity contribution in [3.05, 3.63) is 46.6 Å². The molecule has 1 aliphatic heterocycles. The van der Waals surface area contributed by atoms with Crippen molar-refractivity contribution in [1.82, 2.24) is 10.6 Å². The predicted octanol–water partition coefficient (Wildman–Crippen LogP) is 2.44. The second kappa shape index (κ2) is 5.90. The van der Waals surface area contributed by atoms with E-state index in [1.807, 2.05) is 0 Å². The van der Waals surface area contributed by atoms with Crippen LogP contribution >= 0.6 is 11.6 Å². The lowest BCUT2D eigenvalue weighted by Crippen LogP contribution is -2.58. The molecule has 5 heteroatoms. The molecular formula is C16H17ClN2O2. The van der Waals surface area contributed by atoms with Crippen LogP contribution in [0.5, 0.6) is 0 Å². The topological polar surface area (TPSA) is 58.2 Å². The number of hydrogen-bond donors (Lipinski definition) is 2. The third-order valence-corrected chi connectivity index (χ3v) is 4.32. The van der Waals surface area contributed by atoms with Crippen LogP contribution in [-0.4, -0.2) is 23.8 Å². The molecule has 0 bridgehead atoms. The molecule has 1 aliphatic carbocycles. The number of halogens is 1. The van der Waals surface area contributed by atoms with Gasteiger partial charge in [0, 0.05) is 28.7 Å². The molecule has 1 saturated carbocycles. The zero-order chi connectivity index (χ0) is 14.8. The van der Waals surface area contributed by atoms with Crippen LogP contribution in [0, 0.1) is 0 Å². The monoisotopic (exact) mass is 304 g/mol. The van der Waals surface area contributed by atoms with Crippen molar-refractivity contribution in [3.63, 3.8) is 0 Å². The molecule has 2 fully saturated rings. The van der Waals surface area contributed by atoms with Crippen LogP contribution in [0.1, 0.15) is 36.0 Å². The Bertz CT molecular complexity index is 595. The SMILES string of the molecule is O=C1N[C@@H]2CCCC[C@@H]2N/C1=C\C(=O)c1ccc(Cl)cc1. The summed E-state index contributed by atoms with van der Waals surface area (Å²) in [7, 11) is 0. The average Bonchev–Trinajstić information content (AvgIpc) is 2.48. The molecule has 2 aliphatic rings. The number of allylic oxidation sites excluding steroid dienone is 1. The van der Waals surface area contributed by atoms with Crippen molar-refractivity contribution in [2.75, 3.05) is 0 Å². The van der Waals surface area contributed by atoms with Crippen LogP contribution < -0.4 is 10.6 Å². The van der Waals surface area contributed by atoms with Crippen LogP contribution in [0.15, 0.2) is 36.0 Å². The Hall–Kier alpha value is -1.81. The van der Waals surface area contributed by atoms with E-state index in [0.717, 1.165) is 25.7 Å². The average molecular weight is 305 g/mol. The van der Waals surface area contributed by atoms with Gasteiger partial charge in [-0.15, -0.1) is 0 Å². The molecule has 1 saturated heterocycles. The molecule has 0 spiro atoms. The maximum absolute atomic E-state index is 12.2. The number of benzene rings is 1. The molecule has 2 N–H and O–H groups in total. The zero-order valence-corrected chi connectivity index (χ0v) is 12.3. The molecule has 1 heterocycles. The third kappa shape index (κ3) is 3.10. The summed E-state index contributed by atoms with van der Waals surface area (Å²) in [5.74, 6) is -0.390. The van der Waals surface area contributed by atoms with Gasteiger partial charge < -0.3 is 10.6 Å². The molecule has 110 valence electrons. The smallest absolute Gasteiger partial charge is 0.267 e. The molecule has 0 unspecified atom stereocenters. The summed E-state index contributed by atoms with van der Waals surface area (Å²) in [5.41, 5.74) is 0.880. The largest absolute Gasteiger partial charge is 0.376 e. The fraction of sp³-hybridized carbons (Fsp3) is 0.375. The summed E-state index contributed by atoms with van der Waals surface area (Å²) >= 11 is 5.80. The Kier molecular flexibility index (Phi) is 3.97. The minimum Gasteiger partial charge on any atom is -0.376 e. The molecule has 0 radical (unpaired) electrons. The van der Waals surface area contributed by atoms with E-state index < -0.39 is 0 Å². The van der Waals surface area contributed by atoms with Crippen molar-refractivity contribution in [1.29, 1.82) is 0 Å². The molecule has 0 aromatic heterocycles. The highest BCUT2D eigenvalue weighted by Gasteiger charge is 2.33. The van der Waals surface area contributed by atoms with E-state index in [-0.39, 0.29) is 23.8 Å². The van der Waals surface area contributed by atoms with Gasteiger partial charge >= 0.3 is 0 Å². The number of fused-ring (bicyclic) bond motifs is 1. The minimum atomic E-state index is -0.196. The Morgan fingerprint density at radius 2 is 1.71 bits per heavy atom. The van der Waals surface area contributed by atoms with Gasteiger partial charge in [0.25, 0.3) is 5.91 Å². The van der Waals surface area contributed by atoms with Gasteiger partial charge in [-0.25, -0.2) is 0 Å². The first kappa shape index (κ1) is 14.1. The van der Waals surface area contributed by atoms with Crippen LogP contribution in [0.3, 0.4) is 0 Å². The predicted molar refractivity (Wildman–Crippen MR) is 81.2 cm³/mol. The summed E-state index contributed by atoms with van der Waals surface area (Å²) in [6.45, 7) is 0. The van der Waals surface area contributed by atoms with E-state index in [1.54, 1.807) is 24.3 Å². The van der Waals surface area contributed by atoms with Crippen LogP contribution in [0.4, 0.5) is 0 Å². The van der Waals surface area contributed by atoms with Gasteiger partial charge in [0.05, 0.1) is 0 Å². The van der Waals surface area contributed by atoms with Crippen molar-refractivity contribution in [2.24, 2.45) is 0 Å². The molecule has 4 nitrogen and oxygen atoms in total. The highest BCUT2D eigenvalue weighted by molar-refractivity contribution is 6.30. The van der Waals surface area contributed by atoms with Crippen molar-refractivity contribution < 1.29 is 9.59 Å². The highest BCUT2D eigenvalue weighted by atomic mass is 35.5. The Morgan fingerprint density at radius 1 is 1.10 bits per heavy atom. The number of piperazine rings is 1. The second-order valence-electron chi connectivity index (χ2n) is 5.54. The maximum Gasteiger partial charge on any atom is 0.267 e. The molecule has 1 amide bonds. The van der Waals surface area contributed by atoms with Crippen LogP contribution in [0.25, 0.3) is 0 Å². The maximum atomic E-state index is 12.2. The number of nitrogens with one attached hydrogen (secondary N) is 2. The van der Waals surface area contributed by atoms with Gasteiger partial charge in [-0.05, 0) is 37.1 Å². The van der Waals surface area contributed by atoms with E-state index in [9.17, 15) is 9.59 Å². The highest BCUT2D eigenvalue weighted by Crippen LogP contribution is 2.22. The van der Waals surface area contributed by atoms with Gasteiger partial charge in [-0.3, -0.25) is 9.59 Å². The summed E-state index contributed by atoms with van der Waals surface area (Å²) in [6, 6.07) is 7.07. The van der Waals surface area contributed by atoms with Crippen LogP contribution in [0.2, 0.25) is 5.02 Å². The first-order valence-electron chi connectivity index (χ1n) is 7.22. The number of carbonyl (C=O) groups excluding carboxylic acids is 2. The third-order valence-electron chi connectivity index (χ3n) is 4.07. The lowest BCUT2D eigenvalue weighted by molar-refractivity contribution is -0.120. The zero-order valence-electron chi connectivity index (χ0n) is 11.6. The lowest BCUT2D eigenvalue weighted by atomic mass is 9.88. The fourth-order valence-corrected chi connectivity index (χ4v) is 3.05. The molecular weight excluding hydrogens is 288 g/mol. The molecule has 21 heavy (non-hydrogen) atoms. The van der Waals surface area contributed by atoms with E-state index in [1.165, 1.54) is 6.08 Å². The summed E-state index contributed by atoms with van der Waals surface area (Å²) in [5, 5.41) is 6.79. The van der Waals surface area contributed by atoms with E-state index >= 15 is 0 Å². The standard InChI is InChI=1S/C16H17ClN2O2/c17-11-7-5-10(6-8-11)15(20)9-14-16(21)19-13-4-2-1-3-12(13)18-14/h5-9,12-13,18H,1-4H2,(H,19,21)/b14-9-/t12-,13+/m0/s1. The van der Waals surface area contributed by atoms with Gasteiger partial charge in [-0.1, -0.05) is 24.4 Å². The number of ketones is 1. The number of amides is 1. The molecule has 3 rings (SSSR count). The molecule has 1 aromatic carbocycles. The van der Waals surface area contributed by atoms with E-state index in [0.29, 0.717) is 16.3 Å². The van der Waals surface area contributed by atoms with Crippen molar-refractivity contribution >= 4 is 23.3 Å². The first-order chi connectivity index (χ1) is 10.1.